The Kier molecular flexibility index (Phi) is 5.61. The van der Waals surface area contributed by atoms with Crippen LogP contribution in [-0.2, 0) is 0 Å². The van der Waals surface area contributed by atoms with Crippen LogP contribution in [-0.4, -0.2) is 24.5 Å². The number of fused-ring (bicyclic) bond motifs is 4. The zero-order chi connectivity index (χ0) is 28.0. The maximum atomic E-state index is 5.11. The molecule has 198 valence electrons. The first-order valence-electron chi connectivity index (χ1n) is 14.0. The average Bonchev–Trinajstić information content (AvgIpc) is 3.39. The molecule has 5 nitrogen and oxygen atoms in total. The van der Waals surface area contributed by atoms with Crippen LogP contribution in [0, 0.1) is 6.92 Å². The number of benzene rings is 3. The summed E-state index contributed by atoms with van der Waals surface area (Å²) in [6.45, 7) is 2.15. The number of aryl methyl sites for hydroxylation is 1. The number of nitrogens with zero attached hydrogens (tertiary/aromatic N) is 5. The first-order chi connectivity index (χ1) is 20.7. The van der Waals surface area contributed by atoms with Gasteiger partial charge in [-0.15, -0.1) is 0 Å². The van der Waals surface area contributed by atoms with Crippen molar-refractivity contribution in [1.82, 2.24) is 24.5 Å². The molecule has 0 amide bonds. The molecule has 0 spiro atoms. The van der Waals surface area contributed by atoms with Crippen LogP contribution in [0.25, 0.3) is 72.0 Å². The number of aromatic nitrogens is 5. The Morgan fingerprint density at radius 2 is 1.38 bits per heavy atom. The molecular formula is C37H25N5. The van der Waals surface area contributed by atoms with E-state index < -0.39 is 0 Å². The van der Waals surface area contributed by atoms with E-state index in [1.165, 1.54) is 16.3 Å². The van der Waals surface area contributed by atoms with E-state index in [2.05, 4.69) is 101 Å². The number of hydrogen-bond acceptors (Lipinski definition) is 4. The molecule has 5 heterocycles. The summed E-state index contributed by atoms with van der Waals surface area (Å²) in [4.78, 5) is 18.9. The van der Waals surface area contributed by atoms with Crippen LogP contribution < -0.4 is 0 Å². The highest BCUT2D eigenvalue weighted by molar-refractivity contribution is 6.07. The summed E-state index contributed by atoms with van der Waals surface area (Å²) >= 11 is 0. The maximum Gasteiger partial charge on any atom is 0.0963 e. The molecule has 0 aliphatic carbocycles. The molecule has 0 fully saturated rings. The summed E-state index contributed by atoms with van der Waals surface area (Å²) < 4.78 is 2.24. The topological polar surface area (TPSA) is 56.5 Å². The van der Waals surface area contributed by atoms with Gasteiger partial charge in [0.1, 0.15) is 0 Å². The first kappa shape index (κ1) is 24.1. The second-order valence-corrected chi connectivity index (χ2v) is 10.5. The summed E-state index contributed by atoms with van der Waals surface area (Å²) in [5.74, 6) is 0. The third-order valence-corrected chi connectivity index (χ3v) is 7.92. The Morgan fingerprint density at radius 1 is 0.548 bits per heavy atom. The number of para-hydroxylation sites is 1. The summed E-state index contributed by atoms with van der Waals surface area (Å²) in [5, 5.41) is 3.57. The normalized spacial score (nSPS) is 11.5. The van der Waals surface area contributed by atoms with Gasteiger partial charge in [0.15, 0.2) is 0 Å². The van der Waals surface area contributed by atoms with Crippen molar-refractivity contribution in [2.75, 3.05) is 0 Å². The zero-order valence-corrected chi connectivity index (χ0v) is 22.9. The fourth-order valence-corrected chi connectivity index (χ4v) is 5.88. The van der Waals surface area contributed by atoms with Crippen molar-refractivity contribution in [1.29, 1.82) is 0 Å². The van der Waals surface area contributed by atoms with Gasteiger partial charge >= 0.3 is 0 Å². The molecule has 42 heavy (non-hydrogen) atoms. The van der Waals surface area contributed by atoms with Gasteiger partial charge in [0.05, 0.1) is 39.8 Å². The summed E-state index contributed by atoms with van der Waals surface area (Å²) in [6, 6.07) is 35.9. The zero-order valence-electron chi connectivity index (χ0n) is 22.9. The van der Waals surface area contributed by atoms with Crippen molar-refractivity contribution < 1.29 is 0 Å². The van der Waals surface area contributed by atoms with Gasteiger partial charge in [-0.2, -0.15) is 0 Å². The molecule has 0 aliphatic rings. The monoisotopic (exact) mass is 539 g/mol. The quantitative estimate of drug-likeness (QED) is 0.224. The third kappa shape index (κ3) is 4.02. The molecule has 0 saturated heterocycles. The highest BCUT2D eigenvalue weighted by atomic mass is 15.0. The first-order valence-corrected chi connectivity index (χ1v) is 14.0. The van der Waals surface area contributed by atoms with E-state index in [1.54, 1.807) is 6.20 Å². The summed E-state index contributed by atoms with van der Waals surface area (Å²) in [7, 11) is 0. The second-order valence-electron chi connectivity index (χ2n) is 10.5. The van der Waals surface area contributed by atoms with Gasteiger partial charge < -0.3 is 4.57 Å². The van der Waals surface area contributed by atoms with Gasteiger partial charge in [0, 0.05) is 46.9 Å². The molecule has 5 aromatic heterocycles. The number of rotatable bonds is 4. The Hall–Kier alpha value is -5.68. The van der Waals surface area contributed by atoms with E-state index in [9.17, 15) is 0 Å². The molecular weight excluding hydrogens is 514 g/mol. The Bertz CT molecular complexity index is 2210. The number of hydrogen-bond donors (Lipinski definition) is 0. The van der Waals surface area contributed by atoms with E-state index in [4.69, 9.17) is 15.0 Å². The lowest BCUT2D eigenvalue weighted by atomic mass is 9.98. The van der Waals surface area contributed by atoms with Gasteiger partial charge in [0.2, 0.25) is 0 Å². The van der Waals surface area contributed by atoms with Gasteiger partial charge in [-0.1, -0.05) is 48.5 Å². The molecule has 0 atom stereocenters. The summed E-state index contributed by atoms with van der Waals surface area (Å²) in [5.41, 5.74) is 11.2. The largest absolute Gasteiger partial charge is 0.306 e. The van der Waals surface area contributed by atoms with Crippen LogP contribution in [0.4, 0.5) is 0 Å². The van der Waals surface area contributed by atoms with Crippen LogP contribution in [0.1, 0.15) is 5.56 Å². The van der Waals surface area contributed by atoms with Crippen molar-refractivity contribution in [3.8, 4) is 39.3 Å². The minimum absolute atomic E-state index is 0.867. The minimum Gasteiger partial charge on any atom is -0.306 e. The van der Waals surface area contributed by atoms with E-state index in [0.29, 0.717) is 0 Å². The molecule has 0 saturated carbocycles. The minimum atomic E-state index is 0.867. The molecule has 0 radical (unpaired) electrons. The van der Waals surface area contributed by atoms with E-state index in [1.807, 2.05) is 43.0 Å². The molecule has 5 heteroatoms. The van der Waals surface area contributed by atoms with Crippen molar-refractivity contribution in [3.05, 3.63) is 140 Å². The number of pyridine rings is 4. The molecule has 0 N–H and O–H groups in total. The lowest BCUT2D eigenvalue weighted by molar-refractivity contribution is 1.14. The van der Waals surface area contributed by atoms with Crippen LogP contribution in [0.5, 0.6) is 0 Å². The smallest absolute Gasteiger partial charge is 0.0963 e. The van der Waals surface area contributed by atoms with Gasteiger partial charge in [-0.3, -0.25) is 15.0 Å². The molecule has 3 aromatic carbocycles. The highest BCUT2D eigenvalue weighted by Gasteiger charge is 2.15. The van der Waals surface area contributed by atoms with Crippen LogP contribution in [0.15, 0.2) is 134 Å². The fraction of sp³-hybridized carbons (Fsp3) is 0.0270. The van der Waals surface area contributed by atoms with Crippen LogP contribution in [0.3, 0.4) is 0 Å². The SMILES string of the molecule is Cc1cccc2cc(-c3cc(-c4cncc(-n5c6ccccc6c6ncccc65)c4)cc(-c4cccnc4)n3)ccc12. The lowest BCUT2D eigenvalue weighted by Crippen LogP contribution is -1.96. The molecule has 0 aliphatic heterocycles. The summed E-state index contributed by atoms with van der Waals surface area (Å²) in [6.07, 6.45) is 9.33. The molecule has 0 bridgehead atoms. The third-order valence-electron chi connectivity index (χ3n) is 7.92. The van der Waals surface area contributed by atoms with Crippen molar-refractivity contribution in [2.24, 2.45) is 0 Å². The molecule has 0 unspecified atom stereocenters. The van der Waals surface area contributed by atoms with Crippen molar-refractivity contribution >= 4 is 32.7 Å². The average molecular weight is 540 g/mol. The molecule has 8 aromatic rings. The Morgan fingerprint density at radius 3 is 2.29 bits per heavy atom. The predicted octanol–water partition coefficient (Wildman–Crippen LogP) is 8.83. The van der Waals surface area contributed by atoms with Crippen molar-refractivity contribution in [3.63, 3.8) is 0 Å². The highest BCUT2D eigenvalue weighted by Crippen LogP contribution is 2.34. The van der Waals surface area contributed by atoms with Crippen molar-refractivity contribution in [2.45, 2.75) is 6.92 Å². The van der Waals surface area contributed by atoms with Crippen LogP contribution >= 0.6 is 0 Å². The maximum absolute atomic E-state index is 5.11. The van der Waals surface area contributed by atoms with Crippen LogP contribution in [0.2, 0.25) is 0 Å². The van der Waals surface area contributed by atoms with Gasteiger partial charge in [-0.25, -0.2) is 4.98 Å². The fourth-order valence-electron chi connectivity index (χ4n) is 5.88. The Labute approximate surface area is 242 Å². The van der Waals surface area contributed by atoms with E-state index in [0.717, 1.165) is 61.3 Å². The second kappa shape index (κ2) is 9.75. The van der Waals surface area contributed by atoms with E-state index >= 15 is 0 Å². The van der Waals surface area contributed by atoms with Gasteiger partial charge in [0.25, 0.3) is 0 Å². The lowest BCUT2D eigenvalue weighted by Gasteiger charge is -2.13. The Balaban J connectivity index is 1.33. The van der Waals surface area contributed by atoms with Gasteiger partial charge in [-0.05, 0) is 83.4 Å². The predicted molar refractivity (Wildman–Crippen MR) is 171 cm³/mol. The molecule has 8 rings (SSSR count). The standard InChI is InChI=1S/C37H25N5/c1-24-7-4-8-25-17-26(13-14-31(24)25)33-19-28(20-34(41-33)27-9-5-15-38-21-27)29-18-30(23-39-22-29)42-35-11-3-2-10-32(35)37-36(42)12-6-16-40-37/h2-23H,1H3. The van der Waals surface area contributed by atoms with E-state index in [-0.39, 0.29) is 0 Å².